The van der Waals surface area contributed by atoms with Crippen molar-refractivity contribution in [3.63, 3.8) is 0 Å². The molecule has 2 rings (SSSR count). The highest BCUT2D eigenvalue weighted by Gasteiger charge is 2.26. The van der Waals surface area contributed by atoms with Crippen molar-refractivity contribution in [1.29, 1.82) is 0 Å². The summed E-state index contributed by atoms with van der Waals surface area (Å²) in [6.07, 6.45) is 4.12. The van der Waals surface area contributed by atoms with E-state index >= 15 is 0 Å². The number of hydrogen-bond donors (Lipinski definition) is 1. The van der Waals surface area contributed by atoms with Crippen LogP contribution in [0.3, 0.4) is 0 Å². The molecule has 6 heteroatoms. The van der Waals surface area contributed by atoms with Gasteiger partial charge in [0.2, 0.25) is 10.0 Å². The van der Waals surface area contributed by atoms with Gasteiger partial charge in [0.15, 0.2) is 0 Å². The number of rotatable bonds is 4. The van der Waals surface area contributed by atoms with E-state index in [0.29, 0.717) is 10.6 Å². The summed E-state index contributed by atoms with van der Waals surface area (Å²) in [6.45, 7) is 0. The zero-order chi connectivity index (χ0) is 11.8. The summed E-state index contributed by atoms with van der Waals surface area (Å²) in [6, 6.07) is 4.93. The first-order valence-corrected chi connectivity index (χ1v) is 7.66. The average molecular weight is 259 g/mol. The summed E-state index contributed by atoms with van der Waals surface area (Å²) in [4.78, 5) is 0.732. The van der Waals surface area contributed by atoms with Crippen molar-refractivity contribution in [3.05, 3.63) is 18.2 Å². The van der Waals surface area contributed by atoms with E-state index in [1.54, 1.807) is 12.1 Å². The summed E-state index contributed by atoms with van der Waals surface area (Å²) in [5, 5.41) is 5.15. The summed E-state index contributed by atoms with van der Waals surface area (Å²) >= 11 is 1.33. The number of nitrogens with two attached hydrogens (primary N) is 1. The molecule has 16 heavy (non-hydrogen) atoms. The van der Waals surface area contributed by atoms with Crippen molar-refractivity contribution in [2.75, 3.05) is 6.26 Å². The fourth-order valence-corrected chi connectivity index (χ4v) is 3.19. The van der Waals surface area contributed by atoms with E-state index in [4.69, 9.17) is 9.88 Å². The molecule has 0 aliphatic heterocycles. The highest BCUT2D eigenvalue weighted by molar-refractivity contribution is 7.99. The van der Waals surface area contributed by atoms with Gasteiger partial charge in [0.1, 0.15) is 5.75 Å². The lowest BCUT2D eigenvalue weighted by Crippen LogP contribution is -2.14. The normalized spacial score (nSPS) is 16.1. The Hall–Kier alpha value is -0.720. The second kappa shape index (κ2) is 4.27. The van der Waals surface area contributed by atoms with Crippen LogP contribution < -0.4 is 9.88 Å². The predicted molar refractivity (Wildman–Crippen MR) is 63.2 cm³/mol. The van der Waals surface area contributed by atoms with Crippen LogP contribution in [0.1, 0.15) is 12.8 Å². The molecule has 0 unspecified atom stereocenters. The standard InChI is InChI=1S/C10H13NO3S2/c1-15-10-8(14-7-5-6-7)3-2-4-9(10)16(11,12)13/h2-4,7H,5-6H2,1H3,(H2,11,12,13). The third-order valence-corrected chi connectivity index (χ3v) is 4.18. The van der Waals surface area contributed by atoms with E-state index in [0.717, 1.165) is 12.8 Å². The highest BCUT2D eigenvalue weighted by atomic mass is 32.2. The van der Waals surface area contributed by atoms with Gasteiger partial charge in [-0.05, 0) is 31.2 Å². The maximum Gasteiger partial charge on any atom is 0.239 e. The molecule has 0 saturated heterocycles. The van der Waals surface area contributed by atoms with Gasteiger partial charge in [0.05, 0.1) is 15.9 Å². The van der Waals surface area contributed by atoms with Crippen LogP contribution in [0, 0.1) is 0 Å². The van der Waals surface area contributed by atoms with Crippen LogP contribution in [-0.2, 0) is 10.0 Å². The Morgan fingerprint density at radius 1 is 1.44 bits per heavy atom. The van der Waals surface area contributed by atoms with Crippen LogP contribution in [-0.4, -0.2) is 20.8 Å². The lowest BCUT2D eigenvalue weighted by atomic mass is 10.3. The fourth-order valence-electron chi connectivity index (χ4n) is 1.38. The molecule has 1 aromatic rings. The van der Waals surface area contributed by atoms with Crippen LogP contribution in [0.4, 0.5) is 0 Å². The number of sulfonamides is 1. The minimum atomic E-state index is -3.68. The molecule has 0 radical (unpaired) electrons. The van der Waals surface area contributed by atoms with Crippen molar-refractivity contribution in [1.82, 2.24) is 0 Å². The Morgan fingerprint density at radius 3 is 2.62 bits per heavy atom. The molecule has 1 aliphatic carbocycles. The first-order chi connectivity index (χ1) is 7.52. The Morgan fingerprint density at radius 2 is 2.12 bits per heavy atom. The van der Waals surface area contributed by atoms with Crippen molar-refractivity contribution in [3.8, 4) is 5.75 Å². The molecule has 4 nitrogen and oxygen atoms in total. The molecule has 1 saturated carbocycles. The van der Waals surface area contributed by atoms with E-state index in [-0.39, 0.29) is 11.0 Å². The second-order valence-corrected chi connectivity index (χ2v) is 6.00. The molecule has 1 aliphatic rings. The van der Waals surface area contributed by atoms with Gasteiger partial charge in [-0.1, -0.05) is 6.07 Å². The number of thioether (sulfide) groups is 1. The van der Waals surface area contributed by atoms with Gasteiger partial charge in [-0.15, -0.1) is 11.8 Å². The molecule has 88 valence electrons. The summed E-state index contributed by atoms with van der Waals surface area (Å²) in [7, 11) is -3.68. The average Bonchev–Trinajstić information content (AvgIpc) is 3.00. The molecule has 0 atom stereocenters. The van der Waals surface area contributed by atoms with Crippen molar-refractivity contribution < 1.29 is 13.2 Å². The Bertz CT molecular complexity index is 495. The minimum Gasteiger partial charge on any atom is -0.489 e. The zero-order valence-corrected chi connectivity index (χ0v) is 10.5. The largest absolute Gasteiger partial charge is 0.489 e. The van der Waals surface area contributed by atoms with Gasteiger partial charge < -0.3 is 4.74 Å². The molecule has 0 bridgehead atoms. The van der Waals surface area contributed by atoms with Gasteiger partial charge in [-0.3, -0.25) is 0 Å². The third kappa shape index (κ3) is 2.50. The SMILES string of the molecule is CSc1c(OC2CC2)cccc1S(N)(=O)=O. The van der Waals surface area contributed by atoms with Crippen LogP contribution >= 0.6 is 11.8 Å². The number of benzene rings is 1. The quantitative estimate of drug-likeness (QED) is 0.834. The molecule has 2 N–H and O–H groups in total. The summed E-state index contributed by atoms with van der Waals surface area (Å²) in [5.41, 5.74) is 0. The van der Waals surface area contributed by atoms with Gasteiger partial charge in [-0.25, -0.2) is 13.6 Å². The number of hydrogen-bond acceptors (Lipinski definition) is 4. The van der Waals surface area contributed by atoms with E-state index in [9.17, 15) is 8.42 Å². The van der Waals surface area contributed by atoms with Gasteiger partial charge in [0.25, 0.3) is 0 Å². The Labute approximate surface area is 99.2 Å². The maximum absolute atomic E-state index is 11.4. The van der Waals surface area contributed by atoms with Crippen LogP contribution in [0.5, 0.6) is 5.75 Å². The van der Waals surface area contributed by atoms with Gasteiger partial charge in [0, 0.05) is 0 Å². The molecule has 0 aromatic heterocycles. The maximum atomic E-state index is 11.4. The van der Waals surface area contributed by atoms with E-state index in [1.807, 2.05) is 6.26 Å². The van der Waals surface area contributed by atoms with Crippen molar-refractivity contribution in [2.24, 2.45) is 5.14 Å². The van der Waals surface area contributed by atoms with Crippen LogP contribution in [0.15, 0.2) is 28.0 Å². The minimum absolute atomic E-state index is 0.137. The van der Waals surface area contributed by atoms with E-state index in [1.165, 1.54) is 17.8 Å². The molecule has 0 spiro atoms. The third-order valence-electron chi connectivity index (χ3n) is 2.27. The molecule has 1 fully saturated rings. The lowest BCUT2D eigenvalue weighted by molar-refractivity contribution is 0.294. The van der Waals surface area contributed by atoms with Crippen molar-refractivity contribution in [2.45, 2.75) is 28.7 Å². The predicted octanol–water partition coefficient (Wildman–Crippen LogP) is 1.60. The van der Waals surface area contributed by atoms with Gasteiger partial charge >= 0.3 is 0 Å². The molecule has 0 heterocycles. The lowest BCUT2D eigenvalue weighted by Gasteiger charge is -2.12. The van der Waals surface area contributed by atoms with E-state index < -0.39 is 10.0 Å². The first kappa shape index (κ1) is 11.8. The topological polar surface area (TPSA) is 69.4 Å². The number of primary sulfonamides is 1. The molecule has 1 aromatic carbocycles. The smallest absolute Gasteiger partial charge is 0.239 e. The Kier molecular flexibility index (Phi) is 3.14. The molecular formula is C10H13NO3S2. The van der Waals surface area contributed by atoms with E-state index in [2.05, 4.69) is 0 Å². The zero-order valence-electron chi connectivity index (χ0n) is 8.84. The number of ether oxygens (including phenoxy) is 1. The van der Waals surface area contributed by atoms with Gasteiger partial charge in [-0.2, -0.15) is 0 Å². The fraction of sp³-hybridized carbons (Fsp3) is 0.400. The Balaban J connectivity index is 2.45. The molecule has 0 amide bonds. The first-order valence-electron chi connectivity index (χ1n) is 4.89. The summed E-state index contributed by atoms with van der Waals surface area (Å²) < 4.78 is 28.4. The van der Waals surface area contributed by atoms with Crippen molar-refractivity contribution >= 4 is 21.8 Å². The monoisotopic (exact) mass is 259 g/mol. The van der Waals surface area contributed by atoms with Crippen LogP contribution in [0.25, 0.3) is 0 Å². The molecular weight excluding hydrogens is 246 g/mol. The second-order valence-electron chi connectivity index (χ2n) is 3.65. The van der Waals surface area contributed by atoms with Crippen LogP contribution in [0.2, 0.25) is 0 Å². The summed E-state index contributed by atoms with van der Waals surface area (Å²) in [5.74, 6) is 0.613. The highest BCUT2D eigenvalue weighted by Crippen LogP contribution is 2.37.